The smallest absolute Gasteiger partial charge is 0.236 e. The topological polar surface area (TPSA) is 59.6 Å². The summed E-state index contributed by atoms with van der Waals surface area (Å²) in [6.45, 7) is 8.14. The second-order valence-corrected chi connectivity index (χ2v) is 5.60. The molecule has 1 rings (SSSR count). The molecular weight excluding hydrogens is 256 g/mol. The highest BCUT2D eigenvalue weighted by atomic mass is 16.5. The van der Waals surface area contributed by atoms with E-state index in [0.29, 0.717) is 19.2 Å². The van der Waals surface area contributed by atoms with Crippen LogP contribution in [-0.2, 0) is 14.3 Å². The van der Waals surface area contributed by atoms with Crippen molar-refractivity contribution in [2.24, 2.45) is 0 Å². The summed E-state index contributed by atoms with van der Waals surface area (Å²) in [5.41, 5.74) is -0.0117. The maximum absolute atomic E-state index is 11.9. The van der Waals surface area contributed by atoms with E-state index < -0.39 is 0 Å². The molecule has 1 aliphatic heterocycles. The predicted molar refractivity (Wildman–Crippen MR) is 79.8 cm³/mol. The summed E-state index contributed by atoms with van der Waals surface area (Å²) in [5.74, 6) is 0.0344. The van der Waals surface area contributed by atoms with Gasteiger partial charge in [0.2, 0.25) is 5.91 Å². The Morgan fingerprint density at radius 1 is 1.45 bits per heavy atom. The Hall–Kier alpha value is -0.650. The lowest BCUT2D eigenvalue weighted by atomic mass is 9.85. The fraction of sp³-hybridized carbons (Fsp3) is 0.933. The zero-order valence-corrected chi connectivity index (χ0v) is 13.3. The summed E-state index contributed by atoms with van der Waals surface area (Å²) in [7, 11) is 1.63. The Balaban J connectivity index is 2.41. The Bertz CT molecular complexity index is 293. The molecule has 0 aliphatic carbocycles. The minimum Gasteiger partial charge on any atom is -0.383 e. The summed E-state index contributed by atoms with van der Waals surface area (Å²) in [5, 5.41) is 6.30. The highest BCUT2D eigenvalue weighted by Crippen LogP contribution is 2.31. The molecular formula is C15H30N2O3. The lowest BCUT2D eigenvalue weighted by Crippen LogP contribution is -2.52. The molecule has 5 nitrogen and oxygen atoms in total. The summed E-state index contributed by atoms with van der Waals surface area (Å²) in [4.78, 5) is 11.9. The third kappa shape index (κ3) is 5.04. The number of amides is 1. The van der Waals surface area contributed by atoms with Crippen LogP contribution >= 0.6 is 0 Å². The SMILES string of the molecule is CCC1(CC)CC(NC(C)C(=O)NCCOC)CCO1. The van der Waals surface area contributed by atoms with E-state index in [4.69, 9.17) is 9.47 Å². The van der Waals surface area contributed by atoms with Crippen molar-refractivity contribution in [3.8, 4) is 0 Å². The molecule has 2 N–H and O–H groups in total. The first kappa shape index (κ1) is 17.4. The van der Waals surface area contributed by atoms with Gasteiger partial charge in [-0.15, -0.1) is 0 Å². The molecule has 20 heavy (non-hydrogen) atoms. The highest BCUT2D eigenvalue weighted by Gasteiger charge is 2.35. The van der Waals surface area contributed by atoms with Crippen LogP contribution in [0.2, 0.25) is 0 Å². The quantitative estimate of drug-likeness (QED) is 0.663. The third-order valence-corrected chi connectivity index (χ3v) is 4.27. The Kier molecular flexibility index (Phi) is 7.48. The van der Waals surface area contributed by atoms with Crippen molar-refractivity contribution in [2.45, 2.75) is 64.1 Å². The zero-order valence-electron chi connectivity index (χ0n) is 13.3. The van der Waals surface area contributed by atoms with Crippen molar-refractivity contribution in [3.05, 3.63) is 0 Å². The van der Waals surface area contributed by atoms with E-state index in [-0.39, 0.29) is 17.6 Å². The Morgan fingerprint density at radius 3 is 2.75 bits per heavy atom. The van der Waals surface area contributed by atoms with E-state index in [0.717, 1.165) is 32.3 Å². The molecule has 0 aromatic heterocycles. The van der Waals surface area contributed by atoms with Crippen LogP contribution in [-0.4, -0.2) is 50.5 Å². The molecule has 1 aliphatic rings. The van der Waals surface area contributed by atoms with Crippen molar-refractivity contribution in [1.82, 2.24) is 10.6 Å². The second kappa shape index (κ2) is 8.60. The number of hydrogen-bond acceptors (Lipinski definition) is 4. The number of methoxy groups -OCH3 is 1. The van der Waals surface area contributed by atoms with E-state index in [1.165, 1.54) is 0 Å². The van der Waals surface area contributed by atoms with Gasteiger partial charge in [-0.2, -0.15) is 0 Å². The van der Waals surface area contributed by atoms with Crippen LogP contribution in [0.15, 0.2) is 0 Å². The van der Waals surface area contributed by atoms with Crippen LogP contribution in [0.4, 0.5) is 0 Å². The molecule has 1 heterocycles. The normalized spacial score (nSPS) is 23.3. The van der Waals surface area contributed by atoms with Gasteiger partial charge in [-0.05, 0) is 32.6 Å². The van der Waals surface area contributed by atoms with E-state index in [2.05, 4.69) is 24.5 Å². The molecule has 1 amide bonds. The van der Waals surface area contributed by atoms with Gasteiger partial charge in [-0.3, -0.25) is 4.79 Å². The van der Waals surface area contributed by atoms with E-state index in [1.807, 2.05) is 6.92 Å². The molecule has 0 aromatic rings. The van der Waals surface area contributed by atoms with Gasteiger partial charge >= 0.3 is 0 Å². The lowest BCUT2D eigenvalue weighted by molar-refractivity contribution is -0.124. The zero-order chi connectivity index (χ0) is 15.0. The van der Waals surface area contributed by atoms with Gasteiger partial charge in [0.15, 0.2) is 0 Å². The van der Waals surface area contributed by atoms with Crippen LogP contribution in [0.5, 0.6) is 0 Å². The van der Waals surface area contributed by atoms with Gasteiger partial charge in [-0.25, -0.2) is 0 Å². The fourth-order valence-corrected chi connectivity index (χ4v) is 2.77. The number of carbonyl (C=O) groups excluding carboxylic acids is 1. The van der Waals surface area contributed by atoms with Crippen molar-refractivity contribution < 1.29 is 14.3 Å². The van der Waals surface area contributed by atoms with Crippen LogP contribution in [0.25, 0.3) is 0 Å². The highest BCUT2D eigenvalue weighted by molar-refractivity contribution is 5.81. The number of hydrogen-bond donors (Lipinski definition) is 2. The number of nitrogens with one attached hydrogen (secondary N) is 2. The minimum absolute atomic E-state index is 0.0117. The second-order valence-electron chi connectivity index (χ2n) is 5.60. The summed E-state index contributed by atoms with van der Waals surface area (Å²) < 4.78 is 10.9. The average molecular weight is 286 g/mol. The maximum atomic E-state index is 11.9. The Labute approximate surface area is 122 Å². The van der Waals surface area contributed by atoms with Gasteiger partial charge in [0.25, 0.3) is 0 Å². The molecule has 0 radical (unpaired) electrons. The monoisotopic (exact) mass is 286 g/mol. The standard InChI is InChI=1S/C15H30N2O3/c1-5-15(6-2)11-13(7-9-20-15)17-12(3)14(18)16-8-10-19-4/h12-13,17H,5-11H2,1-4H3,(H,16,18). The van der Waals surface area contributed by atoms with E-state index in [1.54, 1.807) is 7.11 Å². The van der Waals surface area contributed by atoms with Gasteiger partial charge in [0.05, 0.1) is 18.2 Å². The van der Waals surface area contributed by atoms with Crippen LogP contribution in [0.1, 0.15) is 46.5 Å². The summed E-state index contributed by atoms with van der Waals surface area (Å²) in [6.07, 6.45) is 4.00. The first-order valence-corrected chi connectivity index (χ1v) is 7.73. The van der Waals surface area contributed by atoms with Gasteiger partial charge in [0.1, 0.15) is 0 Å². The van der Waals surface area contributed by atoms with Crippen molar-refractivity contribution in [2.75, 3.05) is 26.9 Å². The summed E-state index contributed by atoms with van der Waals surface area (Å²) in [6, 6.07) is 0.174. The molecule has 1 fully saturated rings. The van der Waals surface area contributed by atoms with Crippen LogP contribution < -0.4 is 10.6 Å². The minimum atomic E-state index is -0.179. The molecule has 5 heteroatoms. The van der Waals surface area contributed by atoms with E-state index >= 15 is 0 Å². The van der Waals surface area contributed by atoms with Gasteiger partial charge in [-0.1, -0.05) is 13.8 Å². The number of rotatable bonds is 8. The predicted octanol–water partition coefficient (Wildman–Crippen LogP) is 1.46. The van der Waals surface area contributed by atoms with Gasteiger partial charge < -0.3 is 20.1 Å². The summed E-state index contributed by atoms with van der Waals surface area (Å²) >= 11 is 0. The first-order chi connectivity index (χ1) is 9.56. The Morgan fingerprint density at radius 2 is 2.15 bits per heavy atom. The van der Waals surface area contributed by atoms with Crippen molar-refractivity contribution in [1.29, 1.82) is 0 Å². The largest absolute Gasteiger partial charge is 0.383 e. The molecule has 1 saturated heterocycles. The molecule has 118 valence electrons. The van der Waals surface area contributed by atoms with Crippen molar-refractivity contribution in [3.63, 3.8) is 0 Å². The van der Waals surface area contributed by atoms with Crippen LogP contribution in [0.3, 0.4) is 0 Å². The molecule has 0 saturated carbocycles. The molecule has 0 bridgehead atoms. The first-order valence-electron chi connectivity index (χ1n) is 7.73. The number of ether oxygens (including phenoxy) is 2. The maximum Gasteiger partial charge on any atom is 0.236 e. The van der Waals surface area contributed by atoms with Crippen molar-refractivity contribution >= 4 is 5.91 Å². The lowest BCUT2D eigenvalue weighted by Gasteiger charge is -2.41. The molecule has 0 aromatic carbocycles. The van der Waals surface area contributed by atoms with E-state index in [9.17, 15) is 4.79 Å². The average Bonchev–Trinajstić information content (AvgIpc) is 2.47. The van der Waals surface area contributed by atoms with Crippen LogP contribution in [0, 0.1) is 0 Å². The molecule has 0 spiro atoms. The third-order valence-electron chi connectivity index (χ3n) is 4.27. The molecule has 2 atom stereocenters. The molecule has 2 unspecified atom stereocenters. The van der Waals surface area contributed by atoms with Gasteiger partial charge in [0, 0.05) is 26.3 Å². The number of carbonyl (C=O) groups is 1. The fourth-order valence-electron chi connectivity index (χ4n) is 2.77.